The highest BCUT2D eigenvalue weighted by molar-refractivity contribution is 5.85. The summed E-state index contributed by atoms with van der Waals surface area (Å²) < 4.78 is 5.25. The van der Waals surface area contributed by atoms with Crippen LogP contribution >= 0.6 is 0 Å². The predicted molar refractivity (Wildman–Crippen MR) is 119 cm³/mol. The van der Waals surface area contributed by atoms with Crippen LogP contribution in [0.3, 0.4) is 0 Å². The van der Waals surface area contributed by atoms with Gasteiger partial charge in [0.25, 0.3) is 0 Å². The molecule has 7 nitrogen and oxygen atoms in total. The smallest absolute Gasteiger partial charge is 0.412 e. The van der Waals surface area contributed by atoms with E-state index in [1.165, 1.54) is 5.56 Å². The SMILES string of the molecule is CC(C)(C)OC(=O)Nc1ccc(NCc2ccc(CNc3ncccn3)cc2)cc1. The zero-order valence-electron chi connectivity index (χ0n) is 17.5. The summed E-state index contributed by atoms with van der Waals surface area (Å²) in [5.41, 5.74) is 3.46. The lowest BCUT2D eigenvalue weighted by Crippen LogP contribution is -2.27. The molecule has 7 heteroatoms. The van der Waals surface area contributed by atoms with Gasteiger partial charge in [0.05, 0.1) is 0 Å². The summed E-state index contributed by atoms with van der Waals surface area (Å²) in [5.74, 6) is 0.618. The van der Waals surface area contributed by atoms with Crippen LogP contribution in [0.4, 0.5) is 22.1 Å². The van der Waals surface area contributed by atoms with E-state index in [2.05, 4.69) is 50.2 Å². The van der Waals surface area contributed by atoms with E-state index in [9.17, 15) is 4.79 Å². The zero-order valence-corrected chi connectivity index (χ0v) is 17.5. The second-order valence-electron chi connectivity index (χ2n) is 7.80. The molecule has 1 aromatic heterocycles. The number of hydrogen-bond donors (Lipinski definition) is 3. The molecule has 0 aliphatic rings. The maximum Gasteiger partial charge on any atom is 0.412 e. The van der Waals surface area contributed by atoms with Crippen molar-refractivity contribution in [2.24, 2.45) is 0 Å². The average Bonchev–Trinajstić information content (AvgIpc) is 2.72. The maximum atomic E-state index is 11.8. The largest absolute Gasteiger partial charge is 0.444 e. The number of amides is 1. The van der Waals surface area contributed by atoms with Gasteiger partial charge < -0.3 is 15.4 Å². The standard InChI is InChI=1S/C23H27N5O2/c1-23(2,3)30-22(29)28-20-11-9-19(10-12-20)26-15-17-5-7-18(8-6-17)16-27-21-24-13-4-14-25-21/h4-14,26H,15-16H2,1-3H3,(H,28,29)(H,24,25,27). The van der Waals surface area contributed by atoms with Crippen LogP contribution in [0.5, 0.6) is 0 Å². The van der Waals surface area contributed by atoms with Crippen molar-refractivity contribution in [2.75, 3.05) is 16.0 Å². The fourth-order valence-electron chi connectivity index (χ4n) is 2.64. The summed E-state index contributed by atoms with van der Waals surface area (Å²) in [7, 11) is 0. The topological polar surface area (TPSA) is 88.2 Å². The minimum atomic E-state index is -0.521. The Hall–Kier alpha value is -3.61. The number of anilines is 3. The molecule has 0 bridgehead atoms. The molecule has 0 spiro atoms. The van der Waals surface area contributed by atoms with Crippen molar-refractivity contribution in [3.8, 4) is 0 Å². The number of aromatic nitrogens is 2. The second-order valence-corrected chi connectivity index (χ2v) is 7.80. The highest BCUT2D eigenvalue weighted by atomic mass is 16.6. The molecule has 3 rings (SSSR count). The Labute approximate surface area is 176 Å². The number of nitrogens with zero attached hydrogens (tertiary/aromatic N) is 2. The Morgan fingerprint density at radius 2 is 1.37 bits per heavy atom. The molecule has 0 aliphatic carbocycles. The fraction of sp³-hybridized carbons (Fsp3) is 0.261. The van der Waals surface area contributed by atoms with Crippen LogP contribution in [0.2, 0.25) is 0 Å². The average molecular weight is 406 g/mol. The maximum absolute atomic E-state index is 11.8. The van der Waals surface area contributed by atoms with Gasteiger partial charge in [-0.15, -0.1) is 0 Å². The van der Waals surface area contributed by atoms with Gasteiger partial charge in [-0.05, 0) is 62.2 Å². The van der Waals surface area contributed by atoms with Gasteiger partial charge in [-0.1, -0.05) is 24.3 Å². The third-order valence-corrected chi connectivity index (χ3v) is 4.07. The number of ether oxygens (including phenoxy) is 1. The molecule has 0 saturated heterocycles. The first kappa shape index (κ1) is 21.1. The summed E-state index contributed by atoms with van der Waals surface area (Å²) in [6.45, 7) is 6.87. The summed E-state index contributed by atoms with van der Waals surface area (Å²) in [6, 6.07) is 17.7. The van der Waals surface area contributed by atoms with Gasteiger partial charge in [0, 0.05) is 36.9 Å². The zero-order chi connectivity index (χ0) is 21.4. The van der Waals surface area contributed by atoms with E-state index in [4.69, 9.17) is 4.74 Å². The highest BCUT2D eigenvalue weighted by Crippen LogP contribution is 2.16. The van der Waals surface area contributed by atoms with Gasteiger partial charge in [0.2, 0.25) is 5.95 Å². The van der Waals surface area contributed by atoms with Crippen molar-refractivity contribution in [3.63, 3.8) is 0 Å². The lowest BCUT2D eigenvalue weighted by molar-refractivity contribution is 0.0636. The summed E-state index contributed by atoms with van der Waals surface area (Å²) in [5, 5.41) is 9.30. The molecule has 30 heavy (non-hydrogen) atoms. The Morgan fingerprint density at radius 1 is 0.833 bits per heavy atom. The van der Waals surface area contributed by atoms with E-state index in [-0.39, 0.29) is 0 Å². The molecule has 0 fully saturated rings. The number of hydrogen-bond acceptors (Lipinski definition) is 6. The second kappa shape index (κ2) is 9.73. The van der Waals surface area contributed by atoms with E-state index in [0.717, 1.165) is 11.3 Å². The van der Waals surface area contributed by atoms with Crippen molar-refractivity contribution < 1.29 is 9.53 Å². The van der Waals surface area contributed by atoms with Gasteiger partial charge in [0.15, 0.2) is 0 Å². The molecule has 3 N–H and O–H groups in total. The number of nitrogens with one attached hydrogen (secondary N) is 3. The lowest BCUT2D eigenvalue weighted by atomic mass is 10.1. The first-order chi connectivity index (χ1) is 14.4. The molecule has 0 aliphatic heterocycles. The third kappa shape index (κ3) is 7.09. The number of carbonyl (C=O) groups excluding carboxylic acids is 1. The first-order valence-corrected chi connectivity index (χ1v) is 9.80. The van der Waals surface area contributed by atoms with Crippen LogP contribution in [0.15, 0.2) is 67.0 Å². The number of carbonyl (C=O) groups is 1. The van der Waals surface area contributed by atoms with Crippen LogP contribution in [0, 0.1) is 0 Å². The first-order valence-electron chi connectivity index (χ1n) is 9.80. The van der Waals surface area contributed by atoms with Crippen molar-refractivity contribution in [2.45, 2.75) is 39.5 Å². The summed E-state index contributed by atoms with van der Waals surface area (Å²) in [6.07, 6.45) is 2.96. The molecule has 2 aromatic carbocycles. The molecule has 1 heterocycles. The molecule has 0 atom stereocenters. The van der Waals surface area contributed by atoms with Gasteiger partial charge in [0.1, 0.15) is 5.60 Å². The van der Waals surface area contributed by atoms with Crippen molar-refractivity contribution in [1.82, 2.24) is 9.97 Å². The van der Waals surface area contributed by atoms with Gasteiger partial charge in [-0.3, -0.25) is 5.32 Å². The molecule has 3 aromatic rings. The monoisotopic (exact) mass is 405 g/mol. The van der Waals surface area contributed by atoms with Crippen molar-refractivity contribution in [3.05, 3.63) is 78.1 Å². The van der Waals surface area contributed by atoms with E-state index < -0.39 is 11.7 Å². The molecule has 0 saturated carbocycles. The highest BCUT2D eigenvalue weighted by Gasteiger charge is 2.16. The third-order valence-electron chi connectivity index (χ3n) is 4.07. The minimum absolute atomic E-state index is 0.461. The van der Waals surface area contributed by atoms with Crippen LogP contribution in [-0.4, -0.2) is 21.7 Å². The predicted octanol–water partition coefficient (Wildman–Crippen LogP) is 5.05. The Morgan fingerprint density at radius 3 is 1.93 bits per heavy atom. The van der Waals surface area contributed by atoms with Crippen LogP contribution < -0.4 is 16.0 Å². The number of rotatable bonds is 7. The van der Waals surface area contributed by atoms with Crippen molar-refractivity contribution >= 4 is 23.4 Å². The van der Waals surface area contributed by atoms with Crippen molar-refractivity contribution in [1.29, 1.82) is 0 Å². The minimum Gasteiger partial charge on any atom is -0.444 e. The molecule has 0 radical (unpaired) electrons. The quantitative estimate of drug-likeness (QED) is 0.510. The lowest BCUT2D eigenvalue weighted by Gasteiger charge is -2.19. The summed E-state index contributed by atoms with van der Waals surface area (Å²) in [4.78, 5) is 20.1. The van der Waals surface area contributed by atoms with Gasteiger partial charge in [-0.25, -0.2) is 14.8 Å². The molecule has 156 valence electrons. The van der Waals surface area contributed by atoms with E-state index in [1.54, 1.807) is 18.5 Å². The van der Waals surface area contributed by atoms with Crippen LogP contribution in [-0.2, 0) is 17.8 Å². The summed E-state index contributed by atoms with van der Waals surface area (Å²) >= 11 is 0. The Kier molecular flexibility index (Phi) is 6.85. The van der Waals surface area contributed by atoms with E-state index in [0.29, 0.717) is 24.7 Å². The molecule has 0 unspecified atom stereocenters. The van der Waals surface area contributed by atoms with Gasteiger partial charge >= 0.3 is 6.09 Å². The van der Waals surface area contributed by atoms with E-state index >= 15 is 0 Å². The number of benzene rings is 2. The fourth-order valence-corrected chi connectivity index (χ4v) is 2.64. The molecule has 1 amide bonds. The Bertz CT molecular complexity index is 936. The van der Waals surface area contributed by atoms with E-state index in [1.807, 2.05) is 45.0 Å². The van der Waals surface area contributed by atoms with Gasteiger partial charge in [-0.2, -0.15) is 0 Å². The molecular weight excluding hydrogens is 378 g/mol. The molecular formula is C23H27N5O2. The Balaban J connectivity index is 1.45. The van der Waals surface area contributed by atoms with Crippen LogP contribution in [0.25, 0.3) is 0 Å². The van der Waals surface area contributed by atoms with Crippen LogP contribution in [0.1, 0.15) is 31.9 Å². The normalized spacial score (nSPS) is 10.9.